The van der Waals surface area contributed by atoms with Gasteiger partial charge in [-0.15, -0.1) is 0 Å². The van der Waals surface area contributed by atoms with Gasteiger partial charge in [-0.1, -0.05) is 18.2 Å². The molecule has 0 fully saturated rings. The Bertz CT molecular complexity index is 1290. The highest BCUT2D eigenvalue weighted by Gasteiger charge is 2.28. The Morgan fingerprint density at radius 1 is 1.22 bits per heavy atom. The van der Waals surface area contributed by atoms with E-state index in [2.05, 4.69) is 10.1 Å². The molecule has 2 N–H and O–H groups in total. The maximum absolute atomic E-state index is 15.0. The molecule has 32 heavy (non-hydrogen) atoms. The molecule has 3 aromatic rings. The fourth-order valence-electron chi connectivity index (χ4n) is 3.69. The Balaban J connectivity index is 1.72. The molecule has 0 atom stereocenters. The summed E-state index contributed by atoms with van der Waals surface area (Å²) < 4.78 is 42.2. The SMILES string of the molecule is Cc1cccc2c1N(c1cnc(-n3cnn(CC(CN)=C(F)F)c3=O)c(F)c1)C(=O)CC2. The number of hydrogen-bond acceptors (Lipinski definition) is 5. The Labute approximate surface area is 180 Å². The molecule has 0 aliphatic carbocycles. The van der Waals surface area contributed by atoms with Crippen molar-refractivity contribution < 1.29 is 18.0 Å². The zero-order valence-electron chi connectivity index (χ0n) is 17.1. The highest BCUT2D eigenvalue weighted by Crippen LogP contribution is 2.37. The minimum atomic E-state index is -2.00. The number of anilines is 2. The molecule has 1 amide bonds. The summed E-state index contributed by atoms with van der Waals surface area (Å²) >= 11 is 0. The smallest absolute Gasteiger partial charge is 0.327 e. The minimum Gasteiger partial charge on any atom is -0.327 e. The summed E-state index contributed by atoms with van der Waals surface area (Å²) in [6, 6.07) is 6.78. The van der Waals surface area contributed by atoms with Gasteiger partial charge in [0.15, 0.2) is 11.6 Å². The molecule has 11 heteroatoms. The van der Waals surface area contributed by atoms with E-state index in [0.29, 0.717) is 12.1 Å². The number of pyridine rings is 1. The van der Waals surface area contributed by atoms with Crippen LogP contribution in [0, 0.1) is 12.7 Å². The Morgan fingerprint density at radius 2 is 2.00 bits per heavy atom. The van der Waals surface area contributed by atoms with Crippen molar-refractivity contribution in [1.29, 1.82) is 0 Å². The van der Waals surface area contributed by atoms with Gasteiger partial charge in [-0.3, -0.25) is 9.69 Å². The van der Waals surface area contributed by atoms with Gasteiger partial charge in [0.25, 0.3) is 6.08 Å². The van der Waals surface area contributed by atoms with E-state index in [0.717, 1.165) is 32.8 Å². The number of halogens is 3. The number of fused-ring (bicyclic) bond motifs is 1. The average molecular weight is 444 g/mol. The van der Waals surface area contributed by atoms with Crippen LogP contribution < -0.4 is 16.3 Å². The van der Waals surface area contributed by atoms with Crippen LogP contribution in [0.4, 0.5) is 24.5 Å². The van der Waals surface area contributed by atoms with Gasteiger partial charge in [-0.2, -0.15) is 13.9 Å². The van der Waals surface area contributed by atoms with Gasteiger partial charge >= 0.3 is 5.69 Å². The second kappa shape index (κ2) is 8.42. The highest BCUT2D eigenvalue weighted by atomic mass is 19.3. The van der Waals surface area contributed by atoms with Crippen molar-refractivity contribution in [1.82, 2.24) is 19.3 Å². The lowest BCUT2D eigenvalue weighted by Crippen LogP contribution is -2.32. The fourth-order valence-corrected chi connectivity index (χ4v) is 3.69. The van der Waals surface area contributed by atoms with Gasteiger partial charge in [0.05, 0.1) is 24.1 Å². The molecule has 0 radical (unpaired) electrons. The first kappa shape index (κ1) is 21.5. The van der Waals surface area contributed by atoms with Crippen molar-refractivity contribution in [3.63, 3.8) is 0 Å². The molecule has 4 rings (SSSR count). The topological polar surface area (TPSA) is 99.0 Å². The lowest BCUT2D eigenvalue weighted by Gasteiger charge is -2.30. The maximum Gasteiger partial charge on any atom is 0.351 e. The Kier molecular flexibility index (Phi) is 5.66. The number of amides is 1. The first-order chi connectivity index (χ1) is 15.3. The summed E-state index contributed by atoms with van der Waals surface area (Å²) in [7, 11) is 0. The second-order valence-corrected chi connectivity index (χ2v) is 7.32. The second-order valence-electron chi connectivity index (χ2n) is 7.32. The third-order valence-corrected chi connectivity index (χ3v) is 5.28. The van der Waals surface area contributed by atoms with Crippen LogP contribution in [-0.4, -0.2) is 31.8 Å². The third kappa shape index (κ3) is 3.71. The van der Waals surface area contributed by atoms with Crippen LogP contribution in [0.3, 0.4) is 0 Å². The number of nitrogens with zero attached hydrogens (tertiary/aromatic N) is 5. The summed E-state index contributed by atoms with van der Waals surface area (Å²) in [5, 5.41) is 3.74. The van der Waals surface area contributed by atoms with Gasteiger partial charge < -0.3 is 5.73 Å². The average Bonchev–Trinajstić information content (AvgIpc) is 3.12. The van der Waals surface area contributed by atoms with E-state index in [-0.39, 0.29) is 23.8 Å². The molecule has 3 heterocycles. The van der Waals surface area contributed by atoms with Crippen LogP contribution in [0.2, 0.25) is 0 Å². The number of rotatable bonds is 5. The largest absolute Gasteiger partial charge is 0.351 e. The predicted molar refractivity (Wildman–Crippen MR) is 111 cm³/mol. The molecular formula is C21H19F3N6O2. The van der Waals surface area contributed by atoms with E-state index < -0.39 is 36.3 Å². The molecule has 2 aromatic heterocycles. The molecule has 0 saturated heterocycles. The number of aromatic nitrogens is 4. The number of para-hydroxylation sites is 1. The lowest BCUT2D eigenvalue weighted by atomic mass is 9.97. The number of carbonyl (C=O) groups is 1. The third-order valence-electron chi connectivity index (χ3n) is 5.28. The summed E-state index contributed by atoms with van der Waals surface area (Å²) in [5.74, 6) is -1.43. The normalized spacial score (nSPS) is 13.3. The van der Waals surface area contributed by atoms with E-state index in [1.165, 1.54) is 11.1 Å². The van der Waals surface area contributed by atoms with Crippen molar-refractivity contribution in [2.24, 2.45) is 5.73 Å². The number of nitrogens with two attached hydrogens (primary N) is 1. The van der Waals surface area contributed by atoms with Crippen LogP contribution in [0.1, 0.15) is 17.5 Å². The van der Waals surface area contributed by atoms with Crippen LogP contribution in [0.5, 0.6) is 0 Å². The van der Waals surface area contributed by atoms with Crippen molar-refractivity contribution in [3.8, 4) is 5.82 Å². The molecule has 1 aliphatic rings. The lowest BCUT2D eigenvalue weighted by molar-refractivity contribution is -0.118. The van der Waals surface area contributed by atoms with E-state index in [1.807, 2.05) is 25.1 Å². The molecule has 1 aliphatic heterocycles. The zero-order chi connectivity index (χ0) is 23.0. The number of carbonyl (C=O) groups excluding carboxylic acids is 1. The summed E-state index contributed by atoms with van der Waals surface area (Å²) in [4.78, 5) is 30.6. The summed E-state index contributed by atoms with van der Waals surface area (Å²) in [6.45, 7) is 0.886. The quantitative estimate of drug-likeness (QED) is 0.652. The number of aryl methyl sites for hydroxylation is 2. The Hall–Kier alpha value is -3.73. The predicted octanol–water partition coefficient (Wildman–Crippen LogP) is 2.60. The first-order valence-corrected chi connectivity index (χ1v) is 9.76. The minimum absolute atomic E-state index is 0.194. The van der Waals surface area contributed by atoms with Crippen LogP contribution in [-0.2, 0) is 17.8 Å². The molecule has 0 bridgehead atoms. The molecule has 0 spiro atoms. The zero-order valence-corrected chi connectivity index (χ0v) is 17.1. The van der Waals surface area contributed by atoms with E-state index in [1.54, 1.807) is 0 Å². The monoisotopic (exact) mass is 444 g/mol. The molecule has 0 saturated carbocycles. The summed E-state index contributed by atoms with van der Waals surface area (Å²) in [5.41, 5.74) is 6.69. The van der Waals surface area contributed by atoms with Gasteiger partial charge in [0.1, 0.15) is 6.33 Å². The van der Waals surface area contributed by atoms with E-state index >= 15 is 0 Å². The maximum atomic E-state index is 15.0. The van der Waals surface area contributed by atoms with Crippen LogP contribution >= 0.6 is 0 Å². The van der Waals surface area contributed by atoms with Gasteiger partial charge in [-0.05, 0) is 24.5 Å². The van der Waals surface area contributed by atoms with Gasteiger partial charge in [0.2, 0.25) is 5.91 Å². The molecule has 8 nitrogen and oxygen atoms in total. The van der Waals surface area contributed by atoms with Crippen molar-refractivity contribution >= 4 is 17.3 Å². The summed E-state index contributed by atoms with van der Waals surface area (Å²) in [6.07, 6.45) is 1.14. The van der Waals surface area contributed by atoms with Crippen LogP contribution in [0.25, 0.3) is 5.82 Å². The van der Waals surface area contributed by atoms with Crippen molar-refractivity contribution in [2.45, 2.75) is 26.3 Å². The van der Waals surface area contributed by atoms with E-state index in [4.69, 9.17) is 5.73 Å². The number of benzene rings is 1. The molecule has 0 unspecified atom stereocenters. The number of hydrogen-bond donors (Lipinski definition) is 1. The van der Waals surface area contributed by atoms with Gasteiger partial charge in [-0.25, -0.2) is 23.4 Å². The Morgan fingerprint density at radius 3 is 2.69 bits per heavy atom. The molecule has 1 aromatic carbocycles. The fraction of sp³-hybridized carbons (Fsp3) is 0.238. The standard InChI is InChI=1S/C21H19F3N6O2/c1-12-3-2-4-13-5-6-17(31)30(18(12)13)15-7-16(22)20(26-9-15)28-11-27-29(21(28)32)10-14(8-25)19(23)24/h2-4,7,9,11H,5-6,8,10,25H2,1H3. The molecular weight excluding hydrogens is 425 g/mol. The van der Waals surface area contributed by atoms with Crippen LogP contribution in [0.15, 0.2) is 53.2 Å². The molecule has 166 valence electrons. The van der Waals surface area contributed by atoms with Crippen molar-refractivity contribution in [2.75, 3.05) is 11.4 Å². The van der Waals surface area contributed by atoms with Crippen molar-refractivity contribution in [3.05, 3.63) is 75.9 Å². The highest BCUT2D eigenvalue weighted by molar-refractivity contribution is 6.03. The van der Waals surface area contributed by atoms with E-state index in [9.17, 15) is 22.8 Å². The first-order valence-electron chi connectivity index (χ1n) is 9.76. The van der Waals surface area contributed by atoms with Gasteiger partial charge in [0, 0.05) is 24.6 Å².